The van der Waals surface area contributed by atoms with Gasteiger partial charge in [-0.15, -0.1) is 10.5 Å². The van der Waals surface area contributed by atoms with Crippen LogP contribution in [0.25, 0.3) is 0 Å². The van der Waals surface area contributed by atoms with Crippen molar-refractivity contribution >= 4 is 39.5 Å². The first kappa shape index (κ1) is 10.1. The summed E-state index contributed by atoms with van der Waals surface area (Å²) in [7, 11) is 0. The third-order valence-corrected chi connectivity index (χ3v) is 1.93. The van der Waals surface area contributed by atoms with Crippen molar-refractivity contribution < 1.29 is 5.10 Å². The summed E-state index contributed by atoms with van der Waals surface area (Å²) in [6.45, 7) is 0. The monoisotopic (exact) mass is 258 g/mol. The van der Waals surface area contributed by atoms with Crippen molar-refractivity contribution in [2.75, 3.05) is 0 Å². The SMILES string of the molecule is NC(=S)N[NH+]=Cc1ccc(Br)cc1. The highest BCUT2D eigenvalue weighted by molar-refractivity contribution is 9.10. The average Bonchev–Trinajstić information content (AvgIpc) is 2.08. The topological polar surface area (TPSA) is 52.0 Å². The van der Waals surface area contributed by atoms with Gasteiger partial charge in [-0.3, -0.25) is 0 Å². The lowest BCUT2D eigenvalue weighted by molar-refractivity contribution is -0.499. The van der Waals surface area contributed by atoms with Gasteiger partial charge in [0.25, 0.3) is 0 Å². The molecule has 13 heavy (non-hydrogen) atoms. The van der Waals surface area contributed by atoms with E-state index >= 15 is 0 Å². The van der Waals surface area contributed by atoms with Crippen molar-refractivity contribution in [3.05, 3.63) is 34.3 Å². The molecule has 1 rings (SSSR count). The van der Waals surface area contributed by atoms with Gasteiger partial charge in [0, 0.05) is 10.0 Å². The van der Waals surface area contributed by atoms with Crippen molar-refractivity contribution in [3.63, 3.8) is 0 Å². The van der Waals surface area contributed by atoms with E-state index in [0.29, 0.717) is 0 Å². The third-order valence-electron chi connectivity index (χ3n) is 1.30. The summed E-state index contributed by atoms with van der Waals surface area (Å²) in [5, 5.41) is 2.98. The van der Waals surface area contributed by atoms with Gasteiger partial charge in [-0.25, -0.2) is 0 Å². The van der Waals surface area contributed by atoms with Crippen LogP contribution in [0.4, 0.5) is 0 Å². The molecule has 4 N–H and O–H groups in total. The van der Waals surface area contributed by atoms with Gasteiger partial charge in [-0.05, 0) is 36.5 Å². The number of rotatable bonds is 2. The fourth-order valence-electron chi connectivity index (χ4n) is 0.750. The number of hydrogen-bond donors (Lipinski definition) is 3. The quantitative estimate of drug-likeness (QED) is 0.388. The first-order valence-electron chi connectivity index (χ1n) is 3.58. The fourth-order valence-corrected chi connectivity index (χ4v) is 1.07. The molecule has 0 saturated carbocycles. The molecule has 0 saturated heterocycles. The number of halogens is 1. The van der Waals surface area contributed by atoms with Crippen LogP contribution in [-0.4, -0.2) is 11.3 Å². The zero-order valence-electron chi connectivity index (χ0n) is 6.75. The van der Waals surface area contributed by atoms with E-state index in [2.05, 4.69) is 38.7 Å². The molecule has 1 aromatic rings. The Hall–Kier alpha value is -0.940. The summed E-state index contributed by atoms with van der Waals surface area (Å²) in [6, 6.07) is 7.82. The van der Waals surface area contributed by atoms with Crippen LogP contribution in [0.15, 0.2) is 28.7 Å². The molecule has 0 amide bonds. The minimum absolute atomic E-state index is 0.216. The Morgan fingerprint density at radius 3 is 2.62 bits per heavy atom. The Kier molecular flexibility index (Phi) is 3.85. The van der Waals surface area contributed by atoms with Crippen LogP contribution in [0, 0.1) is 0 Å². The zero-order valence-corrected chi connectivity index (χ0v) is 9.15. The van der Waals surface area contributed by atoms with E-state index in [4.69, 9.17) is 5.73 Å². The Bertz CT molecular complexity index is 321. The third kappa shape index (κ3) is 4.00. The van der Waals surface area contributed by atoms with Crippen molar-refractivity contribution in [3.8, 4) is 0 Å². The Morgan fingerprint density at radius 1 is 1.46 bits per heavy atom. The summed E-state index contributed by atoms with van der Waals surface area (Å²) in [5.41, 5.74) is 8.85. The minimum Gasteiger partial charge on any atom is -0.372 e. The molecular weight excluding hydrogens is 250 g/mol. The Balaban J connectivity index is 2.59. The summed E-state index contributed by atoms with van der Waals surface area (Å²) in [5.74, 6) is 0. The molecular formula is C8H9BrN3S+. The van der Waals surface area contributed by atoms with Gasteiger partial charge in [0.05, 0.1) is 0 Å². The second kappa shape index (κ2) is 4.94. The van der Waals surface area contributed by atoms with Crippen molar-refractivity contribution in [2.45, 2.75) is 0 Å². The van der Waals surface area contributed by atoms with Crippen LogP contribution >= 0.6 is 28.1 Å². The van der Waals surface area contributed by atoms with Crippen LogP contribution in [-0.2, 0) is 0 Å². The summed E-state index contributed by atoms with van der Waals surface area (Å²) < 4.78 is 1.05. The van der Waals surface area contributed by atoms with E-state index in [1.54, 1.807) is 6.21 Å². The predicted molar refractivity (Wildman–Crippen MR) is 60.2 cm³/mol. The van der Waals surface area contributed by atoms with Crippen molar-refractivity contribution in [1.29, 1.82) is 0 Å². The van der Waals surface area contributed by atoms with Crippen LogP contribution in [0.2, 0.25) is 0 Å². The van der Waals surface area contributed by atoms with Crippen LogP contribution in [0.5, 0.6) is 0 Å². The number of hydrogen-bond acceptors (Lipinski definition) is 1. The molecule has 0 aliphatic rings. The van der Waals surface area contributed by atoms with Gasteiger partial charge in [0.2, 0.25) is 5.11 Å². The first-order chi connectivity index (χ1) is 6.18. The summed E-state index contributed by atoms with van der Waals surface area (Å²) >= 11 is 7.95. The number of hydrazine groups is 1. The molecule has 0 heterocycles. The lowest BCUT2D eigenvalue weighted by Crippen LogP contribution is -2.82. The van der Waals surface area contributed by atoms with E-state index in [0.717, 1.165) is 10.0 Å². The maximum atomic E-state index is 5.21. The minimum atomic E-state index is 0.216. The lowest BCUT2D eigenvalue weighted by Gasteiger charge is -1.90. The molecule has 0 fully saturated rings. The standard InChI is InChI=1S/C8H8BrN3S/c9-7-3-1-6(2-4-7)5-11-12-8(10)13/h1-5H,(H3,10,12,13)/p+1. The second-order valence-electron chi connectivity index (χ2n) is 2.33. The summed E-state index contributed by atoms with van der Waals surface area (Å²) in [6.07, 6.45) is 1.77. The van der Waals surface area contributed by atoms with Gasteiger partial charge < -0.3 is 5.73 Å². The van der Waals surface area contributed by atoms with Gasteiger partial charge in [-0.1, -0.05) is 15.9 Å². The van der Waals surface area contributed by atoms with E-state index in [1.165, 1.54) is 0 Å². The van der Waals surface area contributed by atoms with E-state index in [-0.39, 0.29) is 5.11 Å². The van der Waals surface area contributed by atoms with Gasteiger partial charge >= 0.3 is 0 Å². The second-order valence-corrected chi connectivity index (χ2v) is 3.68. The number of hydrazone groups is 1. The Labute approximate surface area is 90.1 Å². The van der Waals surface area contributed by atoms with Crippen molar-refractivity contribution in [1.82, 2.24) is 5.43 Å². The molecule has 0 radical (unpaired) electrons. The number of nitrogens with two attached hydrogens (primary N) is 1. The molecule has 0 spiro atoms. The number of benzene rings is 1. The molecule has 0 atom stereocenters. The maximum Gasteiger partial charge on any atom is 0.221 e. The van der Waals surface area contributed by atoms with Crippen molar-refractivity contribution in [2.24, 2.45) is 5.73 Å². The maximum absolute atomic E-state index is 5.21. The highest BCUT2D eigenvalue weighted by Crippen LogP contribution is 2.08. The van der Waals surface area contributed by atoms with Crippen LogP contribution in [0.1, 0.15) is 5.56 Å². The van der Waals surface area contributed by atoms with E-state index in [1.807, 2.05) is 24.3 Å². The molecule has 3 nitrogen and oxygen atoms in total. The molecule has 5 heteroatoms. The molecule has 0 unspecified atom stereocenters. The predicted octanol–water partition coefficient (Wildman–Crippen LogP) is -0.303. The number of nitrogens with one attached hydrogen (secondary N) is 2. The highest BCUT2D eigenvalue weighted by atomic mass is 79.9. The normalized spacial score (nSPS) is 10.2. The van der Waals surface area contributed by atoms with E-state index < -0.39 is 0 Å². The highest BCUT2D eigenvalue weighted by Gasteiger charge is 1.91. The zero-order chi connectivity index (χ0) is 9.68. The van der Waals surface area contributed by atoms with E-state index in [9.17, 15) is 0 Å². The smallest absolute Gasteiger partial charge is 0.221 e. The van der Waals surface area contributed by atoms with Gasteiger partial charge in [0.15, 0.2) is 6.21 Å². The Morgan fingerprint density at radius 2 is 2.08 bits per heavy atom. The molecule has 68 valence electrons. The van der Waals surface area contributed by atoms with Crippen LogP contribution < -0.4 is 16.3 Å². The summed E-state index contributed by atoms with van der Waals surface area (Å²) in [4.78, 5) is 0. The van der Waals surface area contributed by atoms with Gasteiger partial charge in [0.1, 0.15) is 0 Å². The molecule has 0 aromatic heterocycles. The van der Waals surface area contributed by atoms with Crippen LogP contribution in [0.3, 0.4) is 0 Å². The number of thiocarbonyl (C=S) groups is 1. The molecule has 1 aromatic carbocycles. The average molecular weight is 259 g/mol. The largest absolute Gasteiger partial charge is 0.372 e. The molecule has 0 aliphatic heterocycles. The molecule has 0 bridgehead atoms. The molecule has 0 aliphatic carbocycles. The first-order valence-corrected chi connectivity index (χ1v) is 4.78. The lowest BCUT2D eigenvalue weighted by atomic mass is 10.2. The van der Waals surface area contributed by atoms with Gasteiger partial charge in [-0.2, -0.15) is 0 Å². The fraction of sp³-hybridized carbons (Fsp3) is 0.